The number of amides is 1. The van der Waals surface area contributed by atoms with Crippen LogP contribution in [0.1, 0.15) is 26.5 Å². The quantitative estimate of drug-likeness (QED) is 0.253. The number of carbonyl (C=O) groups excluding carboxylic acids is 2. The smallest absolute Gasteiger partial charge is 0.255 e. The van der Waals surface area contributed by atoms with E-state index < -0.39 is 0 Å². The molecule has 0 unspecified atom stereocenters. The Labute approximate surface area is 187 Å². The highest BCUT2D eigenvalue weighted by molar-refractivity contribution is 9.10. The second kappa shape index (κ2) is 9.02. The Balaban J connectivity index is 1.67. The van der Waals surface area contributed by atoms with E-state index in [0.717, 1.165) is 4.47 Å². The number of para-hydroxylation sites is 1. The summed E-state index contributed by atoms with van der Waals surface area (Å²) in [5.41, 5.74) is 1.76. The topological polar surface area (TPSA) is 68.5 Å². The monoisotopic (exact) mass is 475 g/mol. The summed E-state index contributed by atoms with van der Waals surface area (Å²) >= 11 is 3.37. The van der Waals surface area contributed by atoms with E-state index in [1.807, 2.05) is 12.1 Å². The van der Waals surface area contributed by atoms with Crippen LogP contribution in [0.4, 0.5) is 5.69 Å². The molecule has 4 aromatic rings. The predicted molar refractivity (Wildman–Crippen MR) is 124 cm³/mol. The normalized spacial score (nSPS) is 10.6. The van der Waals surface area contributed by atoms with Gasteiger partial charge in [-0.2, -0.15) is 0 Å². The zero-order chi connectivity index (χ0) is 21.8. The third-order valence-electron chi connectivity index (χ3n) is 4.63. The summed E-state index contributed by atoms with van der Waals surface area (Å²) in [6, 6.07) is 20.9. The lowest BCUT2D eigenvalue weighted by Gasteiger charge is -2.08. The lowest BCUT2D eigenvalue weighted by atomic mass is 10.1. The van der Waals surface area contributed by atoms with Gasteiger partial charge in [0, 0.05) is 21.0 Å². The van der Waals surface area contributed by atoms with Gasteiger partial charge in [-0.05, 0) is 60.7 Å². The lowest BCUT2D eigenvalue weighted by Crippen LogP contribution is -2.14. The second-order valence-electron chi connectivity index (χ2n) is 6.72. The molecule has 1 N–H and O–H groups in total. The van der Waals surface area contributed by atoms with Crippen molar-refractivity contribution in [3.8, 4) is 5.75 Å². The van der Waals surface area contributed by atoms with Crippen molar-refractivity contribution in [2.24, 2.45) is 0 Å². The first-order valence-corrected chi connectivity index (χ1v) is 10.3. The van der Waals surface area contributed by atoms with Crippen LogP contribution >= 0.6 is 15.9 Å². The molecule has 0 spiro atoms. The van der Waals surface area contributed by atoms with Crippen LogP contribution < -0.4 is 10.1 Å². The van der Waals surface area contributed by atoms with Crippen molar-refractivity contribution in [3.63, 3.8) is 0 Å². The molecule has 1 amide bonds. The average Bonchev–Trinajstić information content (AvgIpc) is 3.16. The molecule has 3 aromatic carbocycles. The fourth-order valence-electron chi connectivity index (χ4n) is 3.11. The van der Waals surface area contributed by atoms with Crippen LogP contribution in [0.15, 0.2) is 94.3 Å². The Morgan fingerprint density at radius 2 is 1.65 bits per heavy atom. The maximum atomic E-state index is 13.1. The average molecular weight is 476 g/mol. The molecule has 0 saturated heterocycles. The molecule has 0 fully saturated rings. The fourth-order valence-corrected chi connectivity index (χ4v) is 3.37. The number of rotatable bonds is 7. The molecule has 0 aliphatic rings. The molecule has 0 saturated carbocycles. The van der Waals surface area contributed by atoms with Crippen molar-refractivity contribution >= 4 is 44.3 Å². The first kappa shape index (κ1) is 20.6. The molecule has 5 nitrogen and oxygen atoms in total. The van der Waals surface area contributed by atoms with E-state index >= 15 is 0 Å². The van der Waals surface area contributed by atoms with Crippen LogP contribution in [-0.4, -0.2) is 18.3 Å². The number of benzene rings is 3. The number of carbonyl (C=O) groups is 2. The van der Waals surface area contributed by atoms with Crippen LogP contribution in [-0.2, 0) is 0 Å². The van der Waals surface area contributed by atoms with Gasteiger partial charge in [0.05, 0.1) is 5.69 Å². The van der Waals surface area contributed by atoms with E-state index in [4.69, 9.17) is 9.15 Å². The van der Waals surface area contributed by atoms with E-state index in [-0.39, 0.29) is 17.5 Å². The summed E-state index contributed by atoms with van der Waals surface area (Å²) in [6.07, 6.45) is 1.65. The number of ketones is 1. The van der Waals surface area contributed by atoms with Gasteiger partial charge in [0.2, 0.25) is 5.78 Å². The number of ether oxygens (including phenoxy) is 1. The zero-order valence-corrected chi connectivity index (χ0v) is 18.0. The molecule has 0 atom stereocenters. The molecule has 6 heteroatoms. The summed E-state index contributed by atoms with van der Waals surface area (Å²) in [4.78, 5) is 26.0. The lowest BCUT2D eigenvalue weighted by molar-refractivity contribution is 0.101. The van der Waals surface area contributed by atoms with E-state index in [1.165, 1.54) is 0 Å². The summed E-state index contributed by atoms with van der Waals surface area (Å²) in [5, 5.41) is 3.51. The Hall–Kier alpha value is -3.64. The van der Waals surface area contributed by atoms with Gasteiger partial charge in [-0.3, -0.25) is 9.59 Å². The molecule has 1 aromatic heterocycles. The molecule has 0 bridgehead atoms. The Morgan fingerprint density at radius 1 is 0.968 bits per heavy atom. The molecule has 4 rings (SSSR count). The molecular formula is C25H18BrNO4. The number of hydrogen-bond donors (Lipinski definition) is 1. The molecular weight excluding hydrogens is 458 g/mol. The highest BCUT2D eigenvalue weighted by Gasteiger charge is 2.23. The van der Waals surface area contributed by atoms with E-state index in [2.05, 4.69) is 27.8 Å². The molecule has 154 valence electrons. The molecule has 0 aliphatic carbocycles. The Morgan fingerprint density at radius 3 is 2.35 bits per heavy atom. The van der Waals surface area contributed by atoms with Crippen molar-refractivity contribution in [2.75, 3.05) is 11.9 Å². The molecule has 0 radical (unpaired) electrons. The zero-order valence-electron chi connectivity index (χ0n) is 16.4. The molecule has 0 aliphatic heterocycles. The van der Waals surface area contributed by atoms with Gasteiger partial charge in [-0.15, -0.1) is 0 Å². The summed E-state index contributed by atoms with van der Waals surface area (Å²) in [6.45, 7) is 3.99. The van der Waals surface area contributed by atoms with Gasteiger partial charge in [0.1, 0.15) is 17.9 Å². The van der Waals surface area contributed by atoms with E-state index in [0.29, 0.717) is 40.1 Å². The highest BCUT2D eigenvalue weighted by Crippen LogP contribution is 2.33. The SMILES string of the molecule is C=CCOc1ccc(C(=O)Nc2c(C(=O)c3ccc(Br)cc3)oc3ccccc23)cc1. The Kier molecular flexibility index (Phi) is 6.00. The van der Waals surface area contributed by atoms with E-state index in [9.17, 15) is 9.59 Å². The van der Waals surface area contributed by atoms with Crippen molar-refractivity contribution in [1.82, 2.24) is 0 Å². The fraction of sp³-hybridized carbons (Fsp3) is 0.0400. The van der Waals surface area contributed by atoms with Crippen LogP contribution in [0.3, 0.4) is 0 Å². The number of furan rings is 1. The number of fused-ring (bicyclic) bond motifs is 1. The number of nitrogens with one attached hydrogen (secondary N) is 1. The van der Waals surface area contributed by atoms with Gasteiger partial charge in [0.25, 0.3) is 5.91 Å². The van der Waals surface area contributed by atoms with Crippen molar-refractivity contribution in [1.29, 1.82) is 0 Å². The van der Waals surface area contributed by atoms with Gasteiger partial charge < -0.3 is 14.5 Å². The summed E-state index contributed by atoms with van der Waals surface area (Å²) < 4.78 is 12.2. The minimum Gasteiger partial charge on any atom is -0.490 e. The number of halogens is 1. The van der Waals surface area contributed by atoms with E-state index in [1.54, 1.807) is 66.7 Å². The standard InChI is InChI=1S/C25H18BrNO4/c1-2-15-30-19-13-9-17(10-14-19)25(29)27-22-20-5-3-4-6-21(20)31-24(22)23(28)16-7-11-18(26)12-8-16/h2-14H,1,15H2,(H,27,29). The first-order chi connectivity index (χ1) is 15.1. The minimum atomic E-state index is -0.355. The van der Waals surface area contributed by atoms with Gasteiger partial charge in [-0.25, -0.2) is 0 Å². The van der Waals surface area contributed by atoms with Gasteiger partial charge >= 0.3 is 0 Å². The Bertz CT molecular complexity index is 1260. The molecule has 1 heterocycles. The largest absolute Gasteiger partial charge is 0.490 e. The summed E-state index contributed by atoms with van der Waals surface area (Å²) in [5.74, 6) is 0.0537. The maximum Gasteiger partial charge on any atom is 0.255 e. The van der Waals surface area contributed by atoms with Crippen LogP contribution in [0.25, 0.3) is 11.0 Å². The van der Waals surface area contributed by atoms with Crippen molar-refractivity contribution in [2.45, 2.75) is 0 Å². The van der Waals surface area contributed by atoms with Crippen LogP contribution in [0.5, 0.6) is 5.75 Å². The third-order valence-corrected chi connectivity index (χ3v) is 5.16. The number of anilines is 1. The molecule has 31 heavy (non-hydrogen) atoms. The second-order valence-corrected chi connectivity index (χ2v) is 7.63. The van der Waals surface area contributed by atoms with Crippen LogP contribution in [0.2, 0.25) is 0 Å². The number of hydrogen-bond acceptors (Lipinski definition) is 4. The first-order valence-electron chi connectivity index (χ1n) is 9.53. The predicted octanol–water partition coefficient (Wildman–Crippen LogP) is 6.24. The highest BCUT2D eigenvalue weighted by atomic mass is 79.9. The maximum absolute atomic E-state index is 13.1. The van der Waals surface area contributed by atoms with Crippen molar-refractivity contribution in [3.05, 3.63) is 107 Å². The third kappa shape index (κ3) is 4.44. The summed E-state index contributed by atoms with van der Waals surface area (Å²) in [7, 11) is 0. The van der Waals surface area contributed by atoms with Crippen molar-refractivity contribution < 1.29 is 18.7 Å². The van der Waals surface area contributed by atoms with Gasteiger partial charge in [-0.1, -0.05) is 40.7 Å². The van der Waals surface area contributed by atoms with Crippen LogP contribution in [0, 0.1) is 0 Å². The minimum absolute atomic E-state index is 0.0859. The van der Waals surface area contributed by atoms with Gasteiger partial charge in [0.15, 0.2) is 5.76 Å².